The van der Waals surface area contributed by atoms with Crippen LogP contribution in [-0.2, 0) is 0 Å². The largest absolute Gasteiger partial charge is 0.338 e. The molecule has 1 aromatic heterocycles. The summed E-state index contributed by atoms with van der Waals surface area (Å²) in [5.41, 5.74) is 1.86. The van der Waals surface area contributed by atoms with E-state index in [1.807, 2.05) is 19.1 Å². The summed E-state index contributed by atoms with van der Waals surface area (Å²) in [7, 11) is 0. The average molecular weight is 411 g/mol. The Hall–Kier alpha value is -0.290. The highest BCUT2D eigenvalue weighted by molar-refractivity contribution is 9.11. The fourth-order valence-corrected chi connectivity index (χ4v) is 2.83. The molecule has 2 nitrogen and oxygen atoms in total. The Bertz CT molecular complexity index is 603. The quantitative estimate of drug-likeness (QED) is 0.660. The lowest BCUT2D eigenvalue weighted by Crippen LogP contribution is -1.96. The summed E-state index contributed by atoms with van der Waals surface area (Å²) in [5, 5.41) is 4.46. The van der Waals surface area contributed by atoms with Crippen LogP contribution in [0, 0.1) is 6.92 Å². The zero-order chi connectivity index (χ0) is 13.3. The number of nitrogens with zero attached hydrogens (tertiary/aromatic N) is 1. The molecule has 0 spiro atoms. The molecule has 0 saturated carbocycles. The Balaban J connectivity index is 2.37. The third-order valence-corrected chi connectivity index (χ3v) is 4.18. The smallest absolute Gasteiger partial charge is 0.144 e. The van der Waals surface area contributed by atoms with E-state index < -0.39 is 0 Å². The molecule has 0 aliphatic rings. The lowest BCUT2D eigenvalue weighted by molar-refractivity contribution is 1.28. The van der Waals surface area contributed by atoms with Gasteiger partial charge in [-0.1, -0.05) is 23.2 Å². The minimum atomic E-state index is 0.577. The van der Waals surface area contributed by atoms with Crippen molar-refractivity contribution in [1.82, 2.24) is 4.98 Å². The molecule has 6 heteroatoms. The van der Waals surface area contributed by atoms with Crippen molar-refractivity contribution in [3.8, 4) is 0 Å². The molecule has 1 heterocycles. The number of benzene rings is 1. The van der Waals surface area contributed by atoms with E-state index >= 15 is 0 Å². The monoisotopic (exact) mass is 408 g/mol. The molecule has 0 saturated heterocycles. The second-order valence-corrected chi connectivity index (χ2v) is 6.24. The van der Waals surface area contributed by atoms with Crippen molar-refractivity contribution >= 4 is 66.6 Å². The van der Waals surface area contributed by atoms with Gasteiger partial charge in [-0.3, -0.25) is 0 Å². The SMILES string of the molecule is Cc1cc(Br)c(Nc2ncc(Cl)cc2Br)cc1Cl. The molecule has 0 aliphatic carbocycles. The molecule has 1 aromatic carbocycles. The van der Waals surface area contributed by atoms with Crippen molar-refractivity contribution in [2.45, 2.75) is 6.92 Å². The number of aryl methyl sites for hydroxylation is 1. The molecule has 0 bridgehead atoms. The molecule has 0 radical (unpaired) electrons. The highest BCUT2D eigenvalue weighted by atomic mass is 79.9. The standard InChI is InChI=1S/C12H8Br2Cl2N2/c1-6-2-8(13)11(4-10(6)16)18-12-9(14)3-7(15)5-17-12/h2-5H,1H3,(H,17,18). The summed E-state index contributed by atoms with van der Waals surface area (Å²) >= 11 is 18.8. The summed E-state index contributed by atoms with van der Waals surface area (Å²) in [5.74, 6) is 0.681. The number of halogens is 4. The number of aromatic nitrogens is 1. The number of nitrogens with one attached hydrogen (secondary N) is 1. The molecule has 2 rings (SSSR count). The van der Waals surface area contributed by atoms with Crippen LogP contribution >= 0.6 is 55.1 Å². The molecule has 0 amide bonds. The van der Waals surface area contributed by atoms with Crippen LogP contribution in [0.5, 0.6) is 0 Å². The Morgan fingerprint density at radius 2 is 1.83 bits per heavy atom. The molecule has 2 aromatic rings. The molecule has 0 unspecified atom stereocenters. The van der Waals surface area contributed by atoms with Crippen LogP contribution in [0.25, 0.3) is 0 Å². The van der Waals surface area contributed by atoms with E-state index in [4.69, 9.17) is 23.2 Å². The first-order valence-corrected chi connectivity index (χ1v) is 7.35. The summed E-state index contributed by atoms with van der Waals surface area (Å²) in [6.45, 7) is 1.95. The predicted octanol–water partition coefficient (Wildman–Crippen LogP) is 5.97. The van der Waals surface area contributed by atoms with Gasteiger partial charge < -0.3 is 5.32 Å². The van der Waals surface area contributed by atoms with Gasteiger partial charge in [-0.2, -0.15) is 0 Å². The number of hydrogen-bond acceptors (Lipinski definition) is 2. The minimum absolute atomic E-state index is 0.577. The number of rotatable bonds is 2. The van der Waals surface area contributed by atoms with Gasteiger partial charge in [-0.15, -0.1) is 0 Å². The average Bonchev–Trinajstić information content (AvgIpc) is 2.29. The van der Waals surface area contributed by atoms with E-state index in [9.17, 15) is 0 Å². The molecule has 18 heavy (non-hydrogen) atoms. The fraction of sp³-hybridized carbons (Fsp3) is 0.0833. The third kappa shape index (κ3) is 3.18. The maximum atomic E-state index is 6.10. The van der Waals surface area contributed by atoms with Crippen molar-refractivity contribution in [1.29, 1.82) is 0 Å². The van der Waals surface area contributed by atoms with Crippen LogP contribution in [0.1, 0.15) is 5.56 Å². The summed E-state index contributed by atoms with van der Waals surface area (Å²) in [6.07, 6.45) is 1.58. The van der Waals surface area contributed by atoms with Crippen molar-refractivity contribution < 1.29 is 0 Å². The van der Waals surface area contributed by atoms with Gasteiger partial charge in [0.15, 0.2) is 0 Å². The maximum absolute atomic E-state index is 6.10. The third-order valence-electron chi connectivity index (χ3n) is 2.31. The normalized spacial score (nSPS) is 10.5. The van der Waals surface area contributed by atoms with E-state index in [0.29, 0.717) is 15.9 Å². The van der Waals surface area contributed by atoms with Crippen molar-refractivity contribution in [2.75, 3.05) is 5.32 Å². The topological polar surface area (TPSA) is 24.9 Å². The zero-order valence-electron chi connectivity index (χ0n) is 9.27. The van der Waals surface area contributed by atoms with Gasteiger partial charge in [0.1, 0.15) is 5.82 Å². The Kier molecular flexibility index (Phi) is 4.54. The van der Waals surface area contributed by atoms with Gasteiger partial charge in [0.25, 0.3) is 0 Å². The van der Waals surface area contributed by atoms with E-state index in [1.165, 1.54) is 0 Å². The highest BCUT2D eigenvalue weighted by Crippen LogP contribution is 2.33. The van der Waals surface area contributed by atoms with Crippen molar-refractivity contribution in [2.24, 2.45) is 0 Å². The second kappa shape index (κ2) is 5.78. The first kappa shape index (κ1) is 14.1. The molecule has 0 atom stereocenters. The number of anilines is 2. The zero-order valence-corrected chi connectivity index (χ0v) is 14.0. The first-order chi connectivity index (χ1) is 8.47. The highest BCUT2D eigenvalue weighted by Gasteiger charge is 2.08. The number of hydrogen-bond donors (Lipinski definition) is 1. The molecular formula is C12H8Br2Cl2N2. The first-order valence-electron chi connectivity index (χ1n) is 5.01. The van der Waals surface area contributed by atoms with Gasteiger partial charge in [0.2, 0.25) is 0 Å². The van der Waals surface area contributed by atoms with Crippen LogP contribution in [0.4, 0.5) is 11.5 Å². The lowest BCUT2D eigenvalue weighted by atomic mass is 10.2. The van der Waals surface area contributed by atoms with Gasteiger partial charge in [0.05, 0.1) is 15.2 Å². The van der Waals surface area contributed by atoms with Crippen molar-refractivity contribution in [3.05, 3.63) is 49.0 Å². The predicted molar refractivity (Wildman–Crippen MR) is 84.1 cm³/mol. The van der Waals surface area contributed by atoms with Gasteiger partial charge in [-0.05, 0) is 62.5 Å². The molecule has 0 aliphatic heterocycles. The van der Waals surface area contributed by atoms with Gasteiger partial charge in [0, 0.05) is 15.7 Å². The van der Waals surface area contributed by atoms with Crippen LogP contribution < -0.4 is 5.32 Å². The fourth-order valence-electron chi connectivity index (χ4n) is 1.38. The van der Waals surface area contributed by atoms with E-state index in [2.05, 4.69) is 42.2 Å². The van der Waals surface area contributed by atoms with E-state index in [-0.39, 0.29) is 0 Å². The Morgan fingerprint density at radius 1 is 1.11 bits per heavy atom. The summed E-state index contributed by atoms with van der Waals surface area (Å²) in [4.78, 5) is 4.21. The van der Waals surface area contributed by atoms with E-state index in [1.54, 1.807) is 12.3 Å². The van der Waals surface area contributed by atoms with Crippen molar-refractivity contribution in [3.63, 3.8) is 0 Å². The Morgan fingerprint density at radius 3 is 2.50 bits per heavy atom. The molecule has 0 fully saturated rings. The molecular weight excluding hydrogens is 403 g/mol. The van der Waals surface area contributed by atoms with Crippen LogP contribution in [0.2, 0.25) is 10.0 Å². The lowest BCUT2D eigenvalue weighted by Gasteiger charge is -2.11. The molecule has 1 N–H and O–H groups in total. The summed E-state index contributed by atoms with van der Waals surface area (Å²) in [6, 6.07) is 5.58. The molecule has 94 valence electrons. The van der Waals surface area contributed by atoms with Crippen LogP contribution in [0.15, 0.2) is 33.3 Å². The second-order valence-electron chi connectivity index (χ2n) is 3.69. The van der Waals surface area contributed by atoms with Crippen LogP contribution in [0.3, 0.4) is 0 Å². The maximum Gasteiger partial charge on any atom is 0.144 e. The minimum Gasteiger partial charge on any atom is -0.338 e. The van der Waals surface area contributed by atoms with Gasteiger partial charge in [-0.25, -0.2) is 4.98 Å². The Labute approximate surface area is 132 Å². The van der Waals surface area contributed by atoms with Gasteiger partial charge >= 0.3 is 0 Å². The number of pyridine rings is 1. The van der Waals surface area contributed by atoms with E-state index in [0.717, 1.165) is 20.2 Å². The summed E-state index contributed by atoms with van der Waals surface area (Å²) < 4.78 is 1.71. The van der Waals surface area contributed by atoms with Crippen LogP contribution in [-0.4, -0.2) is 4.98 Å².